The van der Waals surface area contributed by atoms with Gasteiger partial charge in [-0.05, 0) is 61.9 Å². The number of para-hydroxylation sites is 1. The molecule has 0 atom stereocenters. The summed E-state index contributed by atoms with van der Waals surface area (Å²) in [6.07, 6.45) is 0.0187. The molecule has 0 aliphatic rings. The summed E-state index contributed by atoms with van der Waals surface area (Å²) in [4.78, 5) is 30.8. The smallest absolute Gasteiger partial charge is 0.340 e. The zero-order chi connectivity index (χ0) is 33.0. The van der Waals surface area contributed by atoms with E-state index >= 15 is 0 Å². The van der Waals surface area contributed by atoms with Crippen LogP contribution in [0.4, 0.5) is 26.1 Å². The molecule has 46 heavy (non-hydrogen) atoms. The van der Waals surface area contributed by atoms with Crippen LogP contribution in [0.3, 0.4) is 0 Å². The second-order valence-electron chi connectivity index (χ2n) is 11.9. The van der Waals surface area contributed by atoms with Crippen LogP contribution in [0.25, 0.3) is 16.9 Å². The van der Waals surface area contributed by atoms with Gasteiger partial charge in [0.1, 0.15) is 29.0 Å². The molecule has 0 fully saturated rings. The number of nitrogens with one attached hydrogen (secondary N) is 2. The fourth-order valence-electron chi connectivity index (χ4n) is 4.79. The molecule has 0 radical (unpaired) electrons. The van der Waals surface area contributed by atoms with Gasteiger partial charge in [-0.3, -0.25) is 4.79 Å². The Morgan fingerprint density at radius 3 is 2.28 bits per heavy atom. The largest absolute Gasteiger partial charge is 0.462 e. The van der Waals surface area contributed by atoms with Crippen LogP contribution in [-0.2, 0) is 21.4 Å². The van der Waals surface area contributed by atoms with Gasteiger partial charge in [0.25, 0.3) is 0 Å². The van der Waals surface area contributed by atoms with Gasteiger partial charge in [0.2, 0.25) is 5.91 Å². The van der Waals surface area contributed by atoms with E-state index in [2.05, 4.69) is 36.4 Å². The molecule has 2 N–H and O–H groups in total. The molecule has 0 saturated heterocycles. The maximum Gasteiger partial charge on any atom is 0.340 e. The van der Waals surface area contributed by atoms with Crippen LogP contribution in [-0.4, -0.2) is 33.2 Å². The fourth-order valence-corrected chi connectivity index (χ4v) is 4.79. The van der Waals surface area contributed by atoms with Gasteiger partial charge < -0.3 is 15.4 Å². The van der Waals surface area contributed by atoms with Crippen molar-refractivity contribution in [2.75, 3.05) is 17.2 Å². The van der Waals surface area contributed by atoms with Gasteiger partial charge in [0.15, 0.2) is 0 Å². The number of anilines is 3. The Kier molecular flexibility index (Phi) is 9.27. The Labute approximate surface area is 266 Å². The van der Waals surface area contributed by atoms with E-state index < -0.39 is 17.6 Å². The Morgan fingerprint density at radius 2 is 1.61 bits per heavy atom. The van der Waals surface area contributed by atoms with Crippen LogP contribution in [0.5, 0.6) is 0 Å². The molecule has 5 aromatic rings. The van der Waals surface area contributed by atoms with Gasteiger partial charge in [-0.25, -0.2) is 23.2 Å². The summed E-state index contributed by atoms with van der Waals surface area (Å²) in [6.45, 7) is 10.0. The highest BCUT2D eigenvalue weighted by molar-refractivity contribution is 5.97. The number of amides is 1. The SMILES string of the molecule is CCOC(=O)c1ccc(Nc2c(F)cccc2F)nc1-c1cccc(CC(=O)Nc2cc(C(C)(C)C)nn2-c2ccc(C)cc2)c1. The number of ether oxygens (including phenoxy) is 1. The van der Waals surface area contributed by atoms with Crippen molar-refractivity contribution in [3.8, 4) is 16.9 Å². The Balaban J connectivity index is 1.44. The number of aromatic nitrogens is 3. The van der Waals surface area contributed by atoms with Gasteiger partial charge in [-0.15, -0.1) is 0 Å². The molecule has 0 unspecified atom stereocenters. The highest BCUT2D eigenvalue weighted by Crippen LogP contribution is 2.30. The van der Waals surface area contributed by atoms with Crippen molar-refractivity contribution in [1.29, 1.82) is 0 Å². The molecule has 0 aliphatic carbocycles. The van der Waals surface area contributed by atoms with Crippen molar-refractivity contribution in [2.24, 2.45) is 0 Å². The van der Waals surface area contributed by atoms with Crippen molar-refractivity contribution >= 4 is 29.2 Å². The summed E-state index contributed by atoms with van der Waals surface area (Å²) in [5.41, 5.74) is 3.72. The van der Waals surface area contributed by atoms with Gasteiger partial charge in [-0.1, -0.05) is 62.7 Å². The summed E-state index contributed by atoms with van der Waals surface area (Å²) < 4.78 is 35.7. The van der Waals surface area contributed by atoms with E-state index in [4.69, 9.17) is 9.84 Å². The minimum absolute atomic E-state index is 0.0187. The lowest BCUT2D eigenvalue weighted by Crippen LogP contribution is -2.17. The monoisotopic (exact) mass is 623 g/mol. The van der Waals surface area contributed by atoms with Crippen molar-refractivity contribution in [3.05, 3.63) is 119 Å². The molecule has 0 saturated carbocycles. The zero-order valence-electron chi connectivity index (χ0n) is 26.3. The van der Waals surface area contributed by atoms with Gasteiger partial charge in [0, 0.05) is 17.0 Å². The molecule has 0 aliphatic heterocycles. The van der Waals surface area contributed by atoms with E-state index in [-0.39, 0.29) is 47.1 Å². The van der Waals surface area contributed by atoms with Gasteiger partial charge in [-0.2, -0.15) is 5.10 Å². The number of hydrogen-bond donors (Lipinski definition) is 2. The molecule has 236 valence electrons. The molecule has 0 bridgehead atoms. The van der Waals surface area contributed by atoms with Crippen LogP contribution in [0.1, 0.15) is 54.9 Å². The van der Waals surface area contributed by atoms with Crippen molar-refractivity contribution in [1.82, 2.24) is 14.8 Å². The highest BCUT2D eigenvalue weighted by atomic mass is 19.1. The molecule has 2 aromatic heterocycles. The second kappa shape index (κ2) is 13.3. The molecular formula is C36H35F2N5O3. The summed E-state index contributed by atoms with van der Waals surface area (Å²) >= 11 is 0. The minimum Gasteiger partial charge on any atom is -0.462 e. The number of pyridine rings is 1. The molecule has 8 nitrogen and oxygen atoms in total. The number of carbonyl (C=O) groups is 2. The van der Waals surface area contributed by atoms with Crippen LogP contribution in [0, 0.1) is 18.6 Å². The molecule has 10 heteroatoms. The maximum absolute atomic E-state index is 14.3. The number of halogens is 2. The standard InChI is InChI=1S/C36H35F2N5O3/c1-6-46-35(45)26-17-18-30(40-34-27(37)11-8-12-28(34)38)39-33(26)24-10-7-9-23(19-24)20-32(44)41-31-21-29(36(3,4)5)42-43(31)25-15-13-22(2)14-16-25/h7-19,21H,6,20H2,1-5H3,(H,39,40)(H,41,44). The molecular weight excluding hydrogens is 588 g/mol. The lowest BCUT2D eigenvalue weighted by atomic mass is 9.92. The summed E-state index contributed by atoms with van der Waals surface area (Å²) in [7, 11) is 0. The molecule has 0 spiro atoms. The molecule has 3 aromatic carbocycles. The van der Waals surface area contributed by atoms with Gasteiger partial charge in [0.05, 0.1) is 35.7 Å². The van der Waals surface area contributed by atoms with Crippen LogP contribution < -0.4 is 10.6 Å². The highest BCUT2D eigenvalue weighted by Gasteiger charge is 2.22. The number of aryl methyl sites for hydroxylation is 1. The number of carbonyl (C=O) groups excluding carboxylic acids is 2. The lowest BCUT2D eigenvalue weighted by molar-refractivity contribution is -0.115. The molecule has 2 heterocycles. The predicted molar refractivity (Wildman–Crippen MR) is 175 cm³/mol. The zero-order valence-corrected chi connectivity index (χ0v) is 26.3. The first-order chi connectivity index (χ1) is 21.9. The summed E-state index contributed by atoms with van der Waals surface area (Å²) in [5.74, 6) is -1.78. The van der Waals surface area contributed by atoms with Crippen LogP contribution in [0.15, 0.2) is 84.9 Å². The van der Waals surface area contributed by atoms with Crippen molar-refractivity contribution < 1.29 is 23.1 Å². The van der Waals surface area contributed by atoms with Crippen molar-refractivity contribution in [3.63, 3.8) is 0 Å². The average Bonchev–Trinajstić information content (AvgIpc) is 3.44. The van der Waals surface area contributed by atoms with E-state index in [9.17, 15) is 18.4 Å². The third-order valence-electron chi connectivity index (χ3n) is 7.20. The van der Waals surface area contributed by atoms with Crippen LogP contribution >= 0.6 is 0 Å². The summed E-state index contributed by atoms with van der Waals surface area (Å²) in [5, 5.41) is 10.5. The Hall–Kier alpha value is -5.38. The first kappa shape index (κ1) is 32.0. The number of esters is 1. The average molecular weight is 624 g/mol. The number of hydrogen-bond acceptors (Lipinski definition) is 6. The Morgan fingerprint density at radius 1 is 0.913 bits per heavy atom. The van der Waals surface area contributed by atoms with E-state index in [0.29, 0.717) is 16.9 Å². The van der Waals surface area contributed by atoms with E-state index in [1.54, 1.807) is 35.9 Å². The summed E-state index contributed by atoms with van der Waals surface area (Å²) in [6, 6.07) is 23.2. The number of rotatable bonds is 9. The molecule has 1 amide bonds. The Bertz CT molecular complexity index is 1870. The van der Waals surface area contributed by atoms with Crippen LogP contribution in [0.2, 0.25) is 0 Å². The topological polar surface area (TPSA) is 98.1 Å². The van der Waals surface area contributed by atoms with Crippen molar-refractivity contribution in [2.45, 2.75) is 46.5 Å². The third-order valence-corrected chi connectivity index (χ3v) is 7.20. The lowest BCUT2D eigenvalue weighted by Gasteiger charge is -2.14. The van der Waals surface area contributed by atoms with E-state index in [1.165, 1.54) is 18.2 Å². The van der Waals surface area contributed by atoms with E-state index in [0.717, 1.165) is 29.1 Å². The quantitative estimate of drug-likeness (QED) is 0.162. The fraction of sp³-hybridized carbons (Fsp3) is 0.222. The number of benzene rings is 3. The minimum atomic E-state index is -0.788. The van der Waals surface area contributed by atoms with E-state index in [1.807, 2.05) is 37.3 Å². The first-order valence-electron chi connectivity index (χ1n) is 14.9. The molecule has 5 rings (SSSR count). The van der Waals surface area contributed by atoms with Gasteiger partial charge >= 0.3 is 5.97 Å². The number of nitrogens with zero attached hydrogens (tertiary/aromatic N) is 3. The normalized spacial score (nSPS) is 11.3. The maximum atomic E-state index is 14.3. The third kappa shape index (κ3) is 7.28. The predicted octanol–water partition coefficient (Wildman–Crippen LogP) is 7.92. The second-order valence-corrected chi connectivity index (χ2v) is 11.9. The first-order valence-corrected chi connectivity index (χ1v) is 14.9.